The SMILES string of the molecule is CN(C)[C@H]1CN(Cc2cccc(OCC(N)=O)c2)C[C@@H]1C1CC1. The summed E-state index contributed by atoms with van der Waals surface area (Å²) in [7, 11) is 4.39. The van der Waals surface area contributed by atoms with Crippen LogP contribution in [0.1, 0.15) is 18.4 Å². The number of benzene rings is 1. The fourth-order valence-corrected chi connectivity index (χ4v) is 3.70. The molecule has 1 aromatic carbocycles. The summed E-state index contributed by atoms with van der Waals surface area (Å²) < 4.78 is 5.40. The molecule has 5 heteroatoms. The highest BCUT2D eigenvalue weighted by Gasteiger charge is 2.43. The lowest BCUT2D eigenvalue weighted by Gasteiger charge is -2.25. The van der Waals surface area contributed by atoms with Crippen LogP contribution in [-0.4, -0.2) is 55.5 Å². The van der Waals surface area contributed by atoms with Crippen molar-refractivity contribution in [3.8, 4) is 5.75 Å². The van der Waals surface area contributed by atoms with Crippen molar-refractivity contribution in [3.05, 3.63) is 29.8 Å². The molecule has 3 rings (SSSR count). The van der Waals surface area contributed by atoms with Crippen LogP contribution in [-0.2, 0) is 11.3 Å². The van der Waals surface area contributed by atoms with Gasteiger partial charge in [-0.3, -0.25) is 9.69 Å². The fourth-order valence-electron chi connectivity index (χ4n) is 3.70. The lowest BCUT2D eigenvalue weighted by atomic mass is 9.97. The second kappa shape index (κ2) is 6.89. The van der Waals surface area contributed by atoms with E-state index in [0.29, 0.717) is 11.8 Å². The molecule has 1 aliphatic carbocycles. The molecule has 2 atom stereocenters. The third-order valence-corrected chi connectivity index (χ3v) is 4.99. The Morgan fingerprint density at radius 3 is 2.78 bits per heavy atom. The number of amides is 1. The van der Waals surface area contributed by atoms with Crippen LogP contribution in [0.15, 0.2) is 24.3 Å². The van der Waals surface area contributed by atoms with Crippen LogP contribution in [0.2, 0.25) is 0 Å². The first kappa shape index (κ1) is 16.3. The van der Waals surface area contributed by atoms with E-state index in [9.17, 15) is 4.79 Å². The summed E-state index contributed by atoms with van der Waals surface area (Å²) in [6, 6.07) is 8.64. The first-order valence-electron chi connectivity index (χ1n) is 8.42. The van der Waals surface area contributed by atoms with Crippen LogP contribution in [0.5, 0.6) is 5.75 Å². The smallest absolute Gasteiger partial charge is 0.255 e. The second-order valence-electron chi connectivity index (χ2n) is 7.13. The van der Waals surface area contributed by atoms with Crippen LogP contribution in [0.4, 0.5) is 0 Å². The number of carbonyl (C=O) groups is 1. The van der Waals surface area contributed by atoms with E-state index in [0.717, 1.165) is 24.9 Å². The molecule has 1 heterocycles. The lowest BCUT2D eigenvalue weighted by Crippen LogP contribution is -2.36. The number of ether oxygens (including phenoxy) is 1. The largest absolute Gasteiger partial charge is 0.484 e. The fraction of sp³-hybridized carbons (Fsp3) is 0.611. The third kappa shape index (κ3) is 4.24. The van der Waals surface area contributed by atoms with Gasteiger partial charge in [0.05, 0.1) is 0 Å². The van der Waals surface area contributed by atoms with Gasteiger partial charge in [0.2, 0.25) is 0 Å². The van der Waals surface area contributed by atoms with E-state index in [1.54, 1.807) is 0 Å². The normalized spacial score (nSPS) is 25.0. The molecule has 1 amide bonds. The number of rotatable bonds is 7. The molecule has 2 fully saturated rings. The van der Waals surface area contributed by atoms with Crippen molar-refractivity contribution in [1.29, 1.82) is 0 Å². The molecule has 126 valence electrons. The quantitative estimate of drug-likeness (QED) is 0.824. The first-order valence-corrected chi connectivity index (χ1v) is 8.42. The number of likely N-dealkylation sites (tertiary alicyclic amines) is 1. The van der Waals surface area contributed by atoms with Crippen LogP contribution in [0, 0.1) is 11.8 Å². The number of likely N-dealkylation sites (N-methyl/N-ethyl adjacent to an activating group) is 1. The van der Waals surface area contributed by atoms with Crippen LogP contribution >= 0.6 is 0 Å². The highest BCUT2D eigenvalue weighted by molar-refractivity contribution is 5.75. The summed E-state index contributed by atoms with van der Waals surface area (Å²) in [6.45, 7) is 3.17. The molecule has 0 aromatic heterocycles. The highest BCUT2D eigenvalue weighted by atomic mass is 16.5. The summed E-state index contributed by atoms with van der Waals surface area (Å²) in [6.07, 6.45) is 2.80. The molecular weight excluding hydrogens is 290 g/mol. The Hall–Kier alpha value is -1.59. The van der Waals surface area contributed by atoms with Crippen molar-refractivity contribution in [3.63, 3.8) is 0 Å². The van der Waals surface area contributed by atoms with E-state index in [1.807, 2.05) is 18.2 Å². The number of nitrogens with two attached hydrogens (primary N) is 1. The molecule has 0 unspecified atom stereocenters. The first-order chi connectivity index (χ1) is 11.0. The van der Waals surface area contributed by atoms with E-state index in [2.05, 4.69) is 30.0 Å². The van der Waals surface area contributed by atoms with Gasteiger partial charge in [0.1, 0.15) is 5.75 Å². The number of hydrogen-bond donors (Lipinski definition) is 1. The van der Waals surface area contributed by atoms with Crippen molar-refractivity contribution >= 4 is 5.91 Å². The van der Waals surface area contributed by atoms with E-state index in [1.165, 1.54) is 24.9 Å². The van der Waals surface area contributed by atoms with Gasteiger partial charge < -0.3 is 15.4 Å². The predicted octanol–water partition coefficient (Wildman–Crippen LogP) is 1.32. The zero-order valence-corrected chi connectivity index (χ0v) is 14.1. The number of nitrogens with zero attached hydrogens (tertiary/aromatic N) is 2. The molecule has 2 aliphatic rings. The monoisotopic (exact) mass is 317 g/mol. The van der Waals surface area contributed by atoms with Gasteiger partial charge in [-0.15, -0.1) is 0 Å². The van der Waals surface area contributed by atoms with Crippen LogP contribution in [0.25, 0.3) is 0 Å². The summed E-state index contributed by atoms with van der Waals surface area (Å²) in [5.41, 5.74) is 6.35. The molecule has 2 N–H and O–H groups in total. The lowest BCUT2D eigenvalue weighted by molar-refractivity contribution is -0.119. The summed E-state index contributed by atoms with van der Waals surface area (Å²) in [5.74, 6) is 2.00. The topological polar surface area (TPSA) is 58.8 Å². The van der Waals surface area contributed by atoms with E-state index in [-0.39, 0.29) is 6.61 Å². The summed E-state index contributed by atoms with van der Waals surface area (Å²) >= 11 is 0. The van der Waals surface area contributed by atoms with Gasteiger partial charge in [-0.2, -0.15) is 0 Å². The van der Waals surface area contributed by atoms with Crippen molar-refractivity contribution < 1.29 is 9.53 Å². The molecule has 1 aromatic rings. The van der Waals surface area contributed by atoms with Gasteiger partial charge >= 0.3 is 0 Å². The average Bonchev–Trinajstić information content (AvgIpc) is 3.26. The summed E-state index contributed by atoms with van der Waals surface area (Å²) in [5, 5.41) is 0. The molecule has 1 saturated heterocycles. The molecule has 0 radical (unpaired) electrons. The van der Waals surface area contributed by atoms with Crippen LogP contribution < -0.4 is 10.5 Å². The van der Waals surface area contributed by atoms with Crippen LogP contribution in [0.3, 0.4) is 0 Å². The third-order valence-electron chi connectivity index (χ3n) is 4.99. The van der Waals surface area contributed by atoms with E-state index >= 15 is 0 Å². The maximum absolute atomic E-state index is 10.8. The van der Waals surface area contributed by atoms with E-state index in [4.69, 9.17) is 10.5 Å². The average molecular weight is 317 g/mol. The van der Waals surface area contributed by atoms with Crippen molar-refractivity contribution in [2.24, 2.45) is 17.6 Å². The maximum atomic E-state index is 10.8. The predicted molar refractivity (Wildman–Crippen MR) is 90.1 cm³/mol. The number of hydrogen-bond acceptors (Lipinski definition) is 4. The van der Waals surface area contributed by atoms with Gasteiger partial charge in [-0.25, -0.2) is 0 Å². The minimum atomic E-state index is -0.448. The van der Waals surface area contributed by atoms with Gasteiger partial charge in [-0.05, 0) is 56.5 Å². The molecule has 23 heavy (non-hydrogen) atoms. The van der Waals surface area contributed by atoms with E-state index < -0.39 is 5.91 Å². The van der Waals surface area contributed by atoms with Gasteiger partial charge in [0.25, 0.3) is 5.91 Å². The Morgan fingerprint density at radius 1 is 1.35 bits per heavy atom. The Labute approximate surface area is 138 Å². The Bertz CT molecular complexity index is 547. The minimum Gasteiger partial charge on any atom is -0.484 e. The number of carbonyl (C=O) groups excluding carboxylic acids is 1. The van der Waals surface area contributed by atoms with Crippen molar-refractivity contribution in [2.45, 2.75) is 25.4 Å². The maximum Gasteiger partial charge on any atom is 0.255 e. The Balaban J connectivity index is 1.61. The zero-order chi connectivity index (χ0) is 16.4. The molecule has 1 aliphatic heterocycles. The van der Waals surface area contributed by atoms with Crippen molar-refractivity contribution in [1.82, 2.24) is 9.80 Å². The van der Waals surface area contributed by atoms with Gasteiger partial charge in [0.15, 0.2) is 6.61 Å². The van der Waals surface area contributed by atoms with Crippen molar-refractivity contribution in [2.75, 3.05) is 33.8 Å². The minimum absolute atomic E-state index is 0.0698. The highest BCUT2D eigenvalue weighted by Crippen LogP contribution is 2.42. The molecule has 1 saturated carbocycles. The molecular formula is C18H27N3O2. The Kier molecular flexibility index (Phi) is 4.87. The molecule has 0 bridgehead atoms. The molecule has 5 nitrogen and oxygen atoms in total. The standard InChI is InChI=1S/C18H27N3O2/c1-20(2)17-11-21(10-16(17)14-6-7-14)9-13-4-3-5-15(8-13)23-12-18(19)22/h3-5,8,14,16-17H,6-7,9-12H2,1-2H3,(H2,19,22)/t16-,17+/m1/s1. The number of primary amides is 1. The molecule has 0 spiro atoms. The zero-order valence-electron chi connectivity index (χ0n) is 14.1. The Morgan fingerprint density at radius 2 is 2.13 bits per heavy atom. The van der Waals surface area contributed by atoms with Gasteiger partial charge in [0, 0.05) is 25.7 Å². The second-order valence-corrected chi connectivity index (χ2v) is 7.13. The summed E-state index contributed by atoms with van der Waals surface area (Å²) in [4.78, 5) is 15.8. The van der Waals surface area contributed by atoms with Gasteiger partial charge in [-0.1, -0.05) is 12.1 Å².